The molecule has 0 aromatic heterocycles. The second-order valence-corrected chi connectivity index (χ2v) is 5.23. The van der Waals surface area contributed by atoms with Crippen LogP contribution in [-0.4, -0.2) is 17.5 Å². The van der Waals surface area contributed by atoms with E-state index in [2.05, 4.69) is 0 Å². The first kappa shape index (κ1) is 14.8. The number of Topliss-reactive ketones (excluding diaryl/α,β-unsaturated/α-hetero) is 2. The number of carbonyl (C=O) groups is 3. The SMILES string of the molecule is CC(=O)C(C(C)=O)C(=O)NS(F)(F)(F)(F)F. The van der Waals surface area contributed by atoms with Crippen molar-refractivity contribution in [3.8, 4) is 0 Å². The van der Waals surface area contributed by atoms with Gasteiger partial charge in [-0.05, 0) is 13.8 Å². The van der Waals surface area contributed by atoms with Gasteiger partial charge in [-0.25, -0.2) is 4.72 Å². The topological polar surface area (TPSA) is 63.2 Å². The molecule has 0 atom stereocenters. The molecule has 16 heavy (non-hydrogen) atoms. The molecule has 0 heterocycles. The van der Waals surface area contributed by atoms with E-state index in [4.69, 9.17) is 0 Å². The predicted molar refractivity (Wildman–Crippen MR) is 46.1 cm³/mol. The number of hydrogen-bond donors (Lipinski definition) is 1. The highest BCUT2D eigenvalue weighted by Crippen LogP contribution is 2.94. The summed E-state index contributed by atoms with van der Waals surface area (Å²) in [5, 5.41) is 0. The largest absolute Gasteiger partial charge is 0.364 e. The van der Waals surface area contributed by atoms with E-state index in [-0.39, 0.29) is 0 Å². The Morgan fingerprint density at radius 1 is 0.938 bits per heavy atom. The lowest BCUT2D eigenvalue weighted by atomic mass is 10.0. The zero-order valence-electron chi connectivity index (χ0n) is 8.10. The van der Waals surface area contributed by atoms with Gasteiger partial charge in [0.25, 0.3) is 5.91 Å². The normalized spacial score (nSPS) is 16.2. The Morgan fingerprint density at radius 3 is 1.44 bits per heavy atom. The first-order valence-electron chi connectivity index (χ1n) is 3.70. The van der Waals surface area contributed by atoms with Gasteiger partial charge in [0, 0.05) is 0 Å². The van der Waals surface area contributed by atoms with E-state index in [1.165, 1.54) is 0 Å². The second kappa shape index (κ2) is 3.15. The van der Waals surface area contributed by atoms with Crippen molar-refractivity contribution in [2.45, 2.75) is 13.8 Å². The summed E-state index contributed by atoms with van der Waals surface area (Å²) >= 11 is 0. The van der Waals surface area contributed by atoms with E-state index in [1.54, 1.807) is 0 Å². The minimum absolute atomic E-state index is 0.461. The van der Waals surface area contributed by atoms with Crippen LogP contribution in [0.15, 0.2) is 0 Å². The molecule has 96 valence electrons. The zero-order chi connectivity index (χ0) is 13.4. The Balaban J connectivity index is 5.12. The van der Waals surface area contributed by atoms with Crippen LogP contribution in [0.5, 0.6) is 0 Å². The van der Waals surface area contributed by atoms with Crippen molar-refractivity contribution in [1.82, 2.24) is 4.72 Å². The molecule has 1 amide bonds. The fourth-order valence-corrected chi connectivity index (χ4v) is 1.40. The molecule has 0 unspecified atom stereocenters. The van der Waals surface area contributed by atoms with Crippen LogP contribution in [0.3, 0.4) is 0 Å². The minimum Gasteiger partial charge on any atom is -0.299 e. The Morgan fingerprint density at radius 2 is 1.25 bits per heavy atom. The number of hydrogen-bond acceptors (Lipinski definition) is 3. The molecule has 0 rings (SSSR count). The Kier molecular flexibility index (Phi) is 2.92. The van der Waals surface area contributed by atoms with Crippen molar-refractivity contribution >= 4 is 27.9 Å². The van der Waals surface area contributed by atoms with E-state index < -0.39 is 38.5 Å². The summed E-state index contributed by atoms with van der Waals surface area (Å²) in [7, 11) is -10.2. The van der Waals surface area contributed by atoms with Gasteiger partial charge in [0.05, 0.1) is 0 Å². The highest BCUT2D eigenvalue weighted by molar-refractivity contribution is 8.44. The number of nitrogens with one attached hydrogen (secondary N) is 1. The minimum atomic E-state index is -10.2. The number of amides is 1. The predicted octanol–water partition coefficient (Wildman–Crippen LogP) is 2.11. The van der Waals surface area contributed by atoms with Gasteiger partial charge in [-0.3, -0.25) is 14.4 Å². The van der Waals surface area contributed by atoms with Gasteiger partial charge >= 0.3 is 10.4 Å². The van der Waals surface area contributed by atoms with E-state index in [0.717, 1.165) is 0 Å². The molecule has 0 bridgehead atoms. The maximum absolute atomic E-state index is 11.8. The summed E-state index contributed by atoms with van der Waals surface area (Å²) in [6, 6.07) is 0. The van der Waals surface area contributed by atoms with Crippen LogP contribution in [-0.2, 0) is 14.4 Å². The third kappa shape index (κ3) is 5.63. The van der Waals surface area contributed by atoms with Crippen molar-refractivity contribution in [2.75, 3.05) is 0 Å². The number of rotatable bonds is 4. The van der Waals surface area contributed by atoms with E-state index in [1.807, 2.05) is 0 Å². The molecule has 1 N–H and O–H groups in total. The van der Waals surface area contributed by atoms with Crippen molar-refractivity contribution in [3.05, 3.63) is 0 Å². The second-order valence-electron chi connectivity index (χ2n) is 3.09. The molecule has 0 aliphatic carbocycles. The van der Waals surface area contributed by atoms with Crippen LogP contribution >= 0.6 is 10.4 Å². The molecule has 0 spiro atoms. The van der Waals surface area contributed by atoms with Crippen molar-refractivity contribution in [1.29, 1.82) is 0 Å². The summed E-state index contributed by atoms with van der Waals surface area (Å²) in [5.74, 6) is -7.22. The molecule has 0 aliphatic rings. The fourth-order valence-electron chi connectivity index (χ4n) is 0.904. The summed E-state index contributed by atoms with van der Waals surface area (Å²) < 4.78 is 58.5. The standard InChI is InChI=1S/C6H8F5NO3S/c1-3(13)5(4(2)14)6(15)12-16(7,8,9,10)11/h5H,1-2H3,(H,12,15). The molecule has 0 saturated carbocycles. The molecule has 0 aliphatic heterocycles. The first-order chi connectivity index (χ1) is 6.62. The van der Waals surface area contributed by atoms with Gasteiger partial charge in [0.2, 0.25) is 0 Å². The summed E-state index contributed by atoms with van der Waals surface area (Å²) in [5.41, 5.74) is 0. The smallest absolute Gasteiger partial charge is 0.299 e. The molecule has 4 nitrogen and oxygen atoms in total. The quantitative estimate of drug-likeness (QED) is 0.628. The average Bonchev–Trinajstić information content (AvgIpc) is 1.73. The van der Waals surface area contributed by atoms with Gasteiger partial charge in [-0.1, -0.05) is 19.4 Å². The first-order valence-corrected chi connectivity index (χ1v) is 5.66. The highest BCUT2D eigenvalue weighted by atomic mass is 32.5. The third-order valence-corrected chi connectivity index (χ3v) is 1.96. The average molecular weight is 269 g/mol. The maximum Gasteiger partial charge on any atom is 0.364 e. The van der Waals surface area contributed by atoms with Crippen LogP contribution in [0.25, 0.3) is 0 Å². The van der Waals surface area contributed by atoms with Crippen LogP contribution in [0.4, 0.5) is 19.4 Å². The number of ketones is 2. The Labute approximate surface area is 87.0 Å². The Bertz CT molecular complexity index is 347. The van der Waals surface area contributed by atoms with Gasteiger partial charge in [0.1, 0.15) is 11.6 Å². The van der Waals surface area contributed by atoms with Crippen molar-refractivity contribution in [3.63, 3.8) is 0 Å². The lowest BCUT2D eigenvalue weighted by molar-refractivity contribution is -0.138. The molecule has 0 saturated heterocycles. The number of halogens is 5. The zero-order valence-corrected chi connectivity index (χ0v) is 8.92. The van der Waals surface area contributed by atoms with Crippen molar-refractivity contribution in [2.24, 2.45) is 5.92 Å². The lowest BCUT2D eigenvalue weighted by Gasteiger charge is -2.40. The maximum atomic E-state index is 11.8. The monoisotopic (exact) mass is 269 g/mol. The number of carbonyl (C=O) groups excluding carboxylic acids is 3. The Hall–Kier alpha value is -1.19. The lowest BCUT2D eigenvalue weighted by Crippen LogP contribution is -2.43. The van der Waals surface area contributed by atoms with Gasteiger partial charge in [-0.15, -0.1) is 0 Å². The molecule has 0 fully saturated rings. The molecular weight excluding hydrogens is 261 g/mol. The van der Waals surface area contributed by atoms with E-state index in [9.17, 15) is 33.8 Å². The fraction of sp³-hybridized carbons (Fsp3) is 0.500. The van der Waals surface area contributed by atoms with E-state index >= 15 is 0 Å². The molecule has 0 aromatic carbocycles. The van der Waals surface area contributed by atoms with Crippen LogP contribution in [0.1, 0.15) is 13.8 Å². The molecule has 0 aromatic rings. The van der Waals surface area contributed by atoms with Gasteiger partial charge in [-0.2, -0.15) is 0 Å². The highest BCUT2D eigenvalue weighted by Gasteiger charge is 2.65. The van der Waals surface area contributed by atoms with Crippen LogP contribution in [0.2, 0.25) is 0 Å². The summed E-state index contributed by atoms with van der Waals surface area (Å²) in [4.78, 5) is 32.0. The van der Waals surface area contributed by atoms with Gasteiger partial charge in [0.15, 0.2) is 5.92 Å². The van der Waals surface area contributed by atoms with Crippen LogP contribution < -0.4 is 4.72 Å². The van der Waals surface area contributed by atoms with Crippen LogP contribution in [0, 0.1) is 5.92 Å². The van der Waals surface area contributed by atoms with Crippen molar-refractivity contribution < 1.29 is 33.8 Å². The third-order valence-electron chi connectivity index (χ3n) is 1.37. The van der Waals surface area contributed by atoms with Gasteiger partial charge < -0.3 is 0 Å². The summed E-state index contributed by atoms with van der Waals surface area (Å²) in [6.45, 7) is 1.30. The molecule has 10 heteroatoms. The van der Waals surface area contributed by atoms with E-state index in [0.29, 0.717) is 13.8 Å². The summed E-state index contributed by atoms with van der Waals surface area (Å²) in [6.07, 6.45) is 0. The molecular formula is C6H8F5NO3S. The molecule has 0 radical (unpaired) electrons.